The monoisotopic (exact) mass is 419 g/mol. The lowest BCUT2D eigenvalue weighted by molar-refractivity contribution is 0.0241. The standard InChI is InChI=1S/C21H22FNO5S/c1-26-12-21(13-27-2)20-18(8-9-23-21)17-7-6-16(11-19(17)28-20)29(24,25)15-5-3-4-14(22)10-15/h3-7,10-11,23H,8-9,12-13H2,1-2H3. The molecule has 0 amide bonds. The Balaban J connectivity index is 1.84. The van der Waals surface area contributed by atoms with Gasteiger partial charge in [0, 0.05) is 37.8 Å². The molecule has 0 saturated carbocycles. The molecule has 0 bridgehead atoms. The summed E-state index contributed by atoms with van der Waals surface area (Å²) in [5.41, 5.74) is 0.841. The Morgan fingerprint density at radius 2 is 1.83 bits per heavy atom. The second-order valence-corrected chi connectivity index (χ2v) is 9.10. The van der Waals surface area contributed by atoms with Crippen molar-refractivity contribution in [2.45, 2.75) is 21.8 Å². The van der Waals surface area contributed by atoms with E-state index in [9.17, 15) is 12.8 Å². The Morgan fingerprint density at radius 3 is 2.52 bits per heavy atom. The van der Waals surface area contributed by atoms with Crippen molar-refractivity contribution in [2.75, 3.05) is 34.0 Å². The van der Waals surface area contributed by atoms with E-state index in [1.165, 1.54) is 30.3 Å². The van der Waals surface area contributed by atoms with Gasteiger partial charge in [-0.1, -0.05) is 6.07 Å². The van der Waals surface area contributed by atoms with Crippen molar-refractivity contribution in [2.24, 2.45) is 0 Å². The van der Waals surface area contributed by atoms with Gasteiger partial charge in [0.1, 0.15) is 22.7 Å². The molecule has 1 aliphatic heterocycles. The lowest BCUT2D eigenvalue weighted by atomic mass is 9.88. The maximum absolute atomic E-state index is 13.5. The maximum Gasteiger partial charge on any atom is 0.206 e. The summed E-state index contributed by atoms with van der Waals surface area (Å²) in [5, 5.41) is 4.28. The number of furan rings is 1. The quantitative estimate of drug-likeness (QED) is 0.662. The minimum absolute atomic E-state index is 0.0544. The van der Waals surface area contributed by atoms with Gasteiger partial charge in [0.15, 0.2) is 0 Å². The average molecular weight is 419 g/mol. The van der Waals surface area contributed by atoms with E-state index >= 15 is 0 Å². The second kappa shape index (κ2) is 7.53. The molecule has 1 N–H and O–H groups in total. The van der Waals surface area contributed by atoms with E-state index in [-0.39, 0.29) is 9.79 Å². The number of nitrogens with one attached hydrogen (secondary N) is 1. The van der Waals surface area contributed by atoms with Crippen LogP contribution in [0.5, 0.6) is 0 Å². The fraction of sp³-hybridized carbons (Fsp3) is 0.333. The molecule has 4 rings (SSSR count). The van der Waals surface area contributed by atoms with Gasteiger partial charge in [0.05, 0.1) is 23.0 Å². The van der Waals surface area contributed by atoms with Gasteiger partial charge in [0.25, 0.3) is 0 Å². The van der Waals surface area contributed by atoms with Crippen LogP contribution in [0.25, 0.3) is 11.0 Å². The number of halogens is 1. The molecule has 0 radical (unpaired) electrons. The molecule has 8 heteroatoms. The Labute approximate surface area is 168 Å². The highest BCUT2D eigenvalue weighted by molar-refractivity contribution is 7.91. The van der Waals surface area contributed by atoms with Gasteiger partial charge in [-0.3, -0.25) is 0 Å². The number of benzene rings is 2. The summed E-state index contributed by atoms with van der Waals surface area (Å²) < 4.78 is 56.4. The number of hydrogen-bond donors (Lipinski definition) is 1. The molecule has 0 spiro atoms. The van der Waals surface area contributed by atoms with E-state index in [1.54, 1.807) is 20.3 Å². The Hall–Kier alpha value is -2.26. The molecule has 3 aromatic rings. The summed E-state index contributed by atoms with van der Waals surface area (Å²) in [4.78, 5) is -0.0401. The first-order valence-corrected chi connectivity index (χ1v) is 10.7. The molecule has 0 saturated heterocycles. The number of methoxy groups -OCH3 is 2. The van der Waals surface area contributed by atoms with Crippen LogP contribution in [-0.2, 0) is 31.3 Å². The lowest BCUT2D eigenvalue weighted by Gasteiger charge is -2.35. The maximum atomic E-state index is 13.5. The molecule has 1 aromatic heterocycles. The summed E-state index contributed by atoms with van der Waals surface area (Å²) in [6.07, 6.45) is 0.744. The van der Waals surface area contributed by atoms with Gasteiger partial charge in [0.2, 0.25) is 9.84 Å². The summed E-state index contributed by atoms with van der Waals surface area (Å²) in [7, 11) is -0.647. The van der Waals surface area contributed by atoms with Crippen LogP contribution in [0.2, 0.25) is 0 Å². The van der Waals surface area contributed by atoms with Crippen LogP contribution >= 0.6 is 0 Å². The van der Waals surface area contributed by atoms with E-state index in [4.69, 9.17) is 13.9 Å². The van der Waals surface area contributed by atoms with Crippen molar-refractivity contribution in [1.29, 1.82) is 0 Å². The third-order valence-electron chi connectivity index (χ3n) is 5.24. The summed E-state index contributed by atoms with van der Waals surface area (Å²) in [5.74, 6) is 0.0957. The van der Waals surface area contributed by atoms with E-state index < -0.39 is 21.2 Å². The highest BCUT2D eigenvalue weighted by atomic mass is 32.2. The van der Waals surface area contributed by atoms with Crippen LogP contribution < -0.4 is 5.32 Å². The van der Waals surface area contributed by atoms with Crippen LogP contribution in [0.1, 0.15) is 11.3 Å². The molecule has 0 atom stereocenters. The first-order chi connectivity index (χ1) is 13.9. The predicted octanol–water partition coefficient (Wildman–Crippen LogP) is 3.04. The minimum atomic E-state index is -3.87. The van der Waals surface area contributed by atoms with Crippen LogP contribution in [0.4, 0.5) is 4.39 Å². The molecule has 0 unspecified atom stereocenters. The molecule has 2 heterocycles. The number of ether oxygens (including phenoxy) is 2. The van der Waals surface area contributed by atoms with E-state index in [0.29, 0.717) is 24.6 Å². The number of fused-ring (bicyclic) bond motifs is 3. The SMILES string of the molecule is COCC1(COC)NCCc2c1oc1cc(S(=O)(=O)c3cccc(F)c3)ccc21. The van der Waals surface area contributed by atoms with Crippen LogP contribution in [0.15, 0.2) is 56.7 Å². The average Bonchev–Trinajstić information content (AvgIpc) is 3.08. The van der Waals surface area contributed by atoms with Gasteiger partial charge in [-0.25, -0.2) is 12.8 Å². The second-order valence-electron chi connectivity index (χ2n) is 7.15. The lowest BCUT2D eigenvalue weighted by Crippen LogP contribution is -2.53. The van der Waals surface area contributed by atoms with E-state index in [2.05, 4.69) is 5.32 Å². The van der Waals surface area contributed by atoms with Crippen LogP contribution in [0, 0.1) is 5.82 Å². The van der Waals surface area contributed by atoms with E-state index in [1.807, 2.05) is 0 Å². The van der Waals surface area contributed by atoms with Crippen molar-refractivity contribution < 1.29 is 26.7 Å². The number of hydrogen-bond acceptors (Lipinski definition) is 6. The van der Waals surface area contributed by atoms with Gasteiger partial charge < -0.3 is 19.2 Å². The summed E-state index contributed by atoms with van der Waals surface area (Å²) in [6, 6.07) is 9.76. The van der Waals surface area contributed by atoms with Crippen molar-refractivity contribution in [3.63, 3.8) is 0 Å². The zero-order chi connectivity index (χ0) is 20.6. The highest BCUT2D eigenvalue weighted by Gasteiger charge is 2.41. The van der Waals surface area contributed by atoms with Crippen molar-refractivity contribution >= 4 is 20.8 Å². The Morgan fingerprint density at radius 1 is 1.10 bits per heavy atom. The molecule has 1 aliphatic rings. The molecule has 0 aliphatic carbocycles. The van der Waals surface area contributed by atoms with Gasteiger partial charge >= 0.3 is 0 Å². The van der Waals surface area contributed by atoms with Gasteiger partial charge in [-0.2, -0.15) is 0 Å². The molecule has 0 fully saturated rings. The summed E-state index contributed by atoms with van der Waals surface area (Å²) in [6.45, 7) is 1.42. The van der Waals surface area contributed by atoms with Crippen LogP contribution in [-0.4, -0.2) is 42.4 Å². The third-order valence-corrected chi connectivity index (χ3v) is 6.98. The van der Waals surface area contributed by atoms with Gasteiger partial charge in [-0.05, 0) is 36.8 Å². The minimum Gasteiger partial charge on any atom is -0.459 e. The van der Waals surface area contributed by atoms with E-state index in [0.717, 1.165) is 30.0 Å². The number of rotatable bonds is 6. The predicted molar refractivity (Wildman–Crippen MR) is 105 cm³/mol. The molecule has 2 aromatic carbocycles. The topological polar surface area (TPSA) is 77.8 Å². The Kier molecular flexibility index (Phi) is 5.20. The fourth-order valence-electron chi connectivity index (χ4n) is 3.98. The van der Waals surface area contributed by atoms with Crippen LogP contribution in [0.3, 0.4) is 0 Å². The molecular weight excluding hydrogens is 397 g/mol. The highest BCUT2D eigenvalue weighted by Crippen LogP contribution is 2.38. The molecule has 29 heavy (non-hydrogen) atoms. The Bertz CT molecular complexity index is 1150. The molecule has 6 nitrogen and oxygen atoms in total. The van der Waals surface area contributed by atoms with Gasteiger partial charge in [-0.15, -0.1) is 0 Å². The third kappa shape index (κ3) is 3.36. The first kappa shape index (κ1) is 20.0. The van der Waals surface area contributed by atoms with Crippen molar-refractivity contribution in [1.82, 2.24) is 5.32 Å². The number of sulfone groups is 1. The van der Waals surface area contributed by atoms with Crippen molar-refractivity contribution in [3.05, 3.63) is 59.6 Å². The fourth-order valence-corrected chi connectivity index (χ4v) is 5.28. The largest absolute Gasteiger partial charge is 0.459 e. The molecule has 154 valence electrons. The zero-order valence-corrected chi connectivity index (χ0v) is 17.0. The normalized spacial score (nSPS) is 16.1. The molecular formula is C21H22FNO5S. The summed E-state index contributed by atoms with van der Waals surface area (Å²) >= 11 is 0. The zero-order valence-electron chi connectivity index (χ0n) is 16.2. The van der Waals surface area contributed by atoms with Crippen molar-refractivity contribution in [3.8, 4) is 0 Å². The first-order valence-electron chi connectivity index (χ1n) is 9.21. The smallest absolute Gasteiger partial charge is 0.206 e.